The number of hydrogen-bond acceptors (Lipinski definition) is 6. The van der Waals surface area contributed by atoms with E-state index in [1.807, 2.05) is 0 Å². The summed E-state index contributed by atoms with van der Waals surface area (Å²) in [7, 11) is 0. The Morgan fingerprint density at radius 3 is 2.63 bits per heavy atom. The van der Waals surface area contributed by atoms with E-state index in [0.29, 0.717) is 27.6 Å². The Morgan fingerprint density at radius 2 is 1.95 bits per heavy atom. The average molecular weight is 546 g/mol. The predicted molar refractivity (Wildman–Crippen MR) is 139 cm³/mol. The van der Waals surface area contributed by atoms with Crippen LogP contribution in [0.1, 0.15) is 32.8 Å². The number of ether oxygens (including phenoxy) is 2. The van der Waals surface area contributed by atoms with E-state index in [0.717, 1.165) is 0 Å². The number of nitrogens with zero attached hydrogens (tertiary/aromatic N) is 3. The van der Waals surface area contributed by atoms with E-state index >= 15 is 4.39 Å². The molecule has 1 aromatic carbocycles. The number of halogens is 3. The van der Waals surface area contributed by atoms with Crippen molar-refractivity contribution in [2.75, 3.05) is 23.4 Å². The van der Waals surface area contributed by atoms with Crippen LogP contribution < -0.4 is 20.3 Å². The number of nitrogens with one attached hydrogen (secondary N) is 2. The van der Waals surface area contributed by atoms with E-state index in [4.69, 9.17) is 21.1 Å². The maximum Gasteiger partial charge on any atom is 0.415 e. The van der Waals surface area contributed by atoms with E-state index < -0.39 is 35.8 Å². The molecule has 2 aromatic heterocycles. The van der Waals surface area contributed by atoms with Crippen molar-refractivity contribution in [2.45, 2.75) is 51.9 Å². The van der Waals surface area contributed by atoms with Crippen LogP contribution in [-0.4, -0.2) is 53.1 Å². The molecule has 3 aromatic rings. The maximum atomic E-state index is 15.6. The van der Waals surface area contributed by atoms with Crippen molar-refractivity contribution >= 4 is 46.0 Å². The minimum atomic E-state index is -1.04. The number of amides is 3. The Kier molecular flexibility index (Phi) is 6.50. The van der Waals surface area contributed by atoms with E-state index in [1.54, 1.807) is 39.8 Å². The first-order valence-corrected chi connectivity index (χ1v) is 12.4. The molecule has 12 heteroatoms. The molecular weight excluding hydrogens is 520 g/mol. The van der Waals surface area contributed by atoms with Crippen LogP contribution in [0.4, 0.5) is 29.9 Å². The zero-order valence-corrected chi connectivity index (χ0v) is 21.9. The van der Waals surface area contributed by atoms with Gasteiger partial charge in [-0.3, -0.25) is 10.2 Å². The van der Waals surface area contributed by atoms with Crippen molar-refractivity contribution in [2.24, 2.45) is 0 Å². The van der Waals surface area contributed by atoms with Crippen LogP contribution in [0, 0.1) is 12.7 Å². The van der Waals surface area contributed by atoms with Gasteiger partial charge < -0.3 is 14.8 Å². The number of hydrogen-bond donors (Lipinski definition) is 2. The van der Waals surface area contributed by atoms with Gasteiger partial charge in [-0.15, -0.1) is 0 Å². The van der Waals surface area contributed by atoms with E-state index in [2.05, 4.69) is 20.6 Å². The van der Waals surface area contributed by atoms with Gasteiger partial charge in [0, 0.05) is 35.3 Å². The number of urea groups is 1. The van der Waals surface area contributed by atoms with Crippen LogP contribution in [-0.2, 0) is 4.74 Å². The number of aromatic nitrogens is 2. The third-order valence-electron chi connectivity index (χ3n) is 6.17. The minimum absolute atomic E-state index is 0.143. The van der Waals surface area contributed by atoms with Gasteiger partial charge in [-0.05, 0) is 50.8 Å². The van der Waals surface area contributed by atoms with Crippen LogP contribution in [0.3, 0.4) is 0 Å². The van der Waals surface area contributed by atoms with Crippen LogP contribution in [0.25, 0.3) is 21.9 Å². The van der Waals surface area contributed by atoms with Gasteiger partial charge in [0.25, 0.3) is 0 Å². The van der Waals surface area contributed by atoms with Gasteiger partial charge in [-0.2, -0.15) is 0 Å². The highest BCUT2D eigenvalue weighted by Gasteiger charge is 2.38. The fraction of sp³-hybridized carbons (Fsp3) is 0.385. The van der Waals surface area contributed by atoms with Crippen molar-refractivity contribution in [3.8, 4) is 17.0 Å². The molecule has 0 unspecified atom stereocenters. The van der Waals surface area contributed by atoms with Crippen LogP contribution >= 0.6 is 11.6 Å². The summed E-state index contributed by atoms with van der Waals surface area (Å²) < 4.78 is 39.9. The second-order valence-electron chi connectivity index (χ2n) is 10.2. The first-order valence-electron chi connectivity index (χ1n) is 12.1. The van der Waals surface area contributed by atoms with Crippen molar-refractivity contribution in [3.05, 3.63) is 40.9 Å². The van der Waals surface area contributed by atoms with Gasteiger partial charge in [0.15, 0.2) is 0 Å². The SMILES string of the molecule is Cc1c(-c2cc3cc(NC(=O)N[C@H]4C[C@H]4F)ncc3c(Cl)c2F)cnc2c1N(C(=O)OC(C)(C)C)CCO2. The molecule has 1 aliphatic heterocycles. The molecule has 0 bridgehead atoms. The van der Waals surface area contributed by atoms with Crippen molar-refractivity contribution in [1.82, 2.24) is 15.3 Å². The number of carbonyl (C=O) groups excluding carboxylic acids is 2. The largest absolute Gasteiger partial charge is 0.474 e. The monoisotopic (exact) mass is 545 g/mol. The van der Waals surface area contributed by atoms with Gasteiger partial charge in [0.2, 0.25) is 5.88 Å². The number of benzene rings is 1. The molecule has 1 saturated carbocycles. The normalized spacial score (nSPS) is 18.4. The summed E-state index contributed by atoms with van der Waals surface area (Å²) in [4.78, 5) is 35.0. The highest BCUT2D eigenvalue weighted by Crippen LogP contribution is 2.42. The summed E-state index contributed by atoms with van der Waals surface area (Å²) in [6.07, 6.45) is 1.49. The number of carbonyl (C=O) groups is 2. The van der Waals surface area contributed by atoms with Gasteiger partial charge in [0.1, 0.15) is 35.7 Å². The summed E-state index contributed by atoms with van der Waals surface area (Å²) in [6, 6.07) is 2.01. The Bertz CT molecular complexity index is 1460. The second kappa shape index (κ2) is 9.54. The Labute approximate surface area is 222 Å². The molecular formula is C26H26ClF2N5O4. The third kappa shape index (κ3) is 5.02. The molecule has 0 saturated heterocycles. The maximum absolute atomic E-state index is 15.6. The number of anilines is 2. The number of fused-ring (bicyclic) bond motifs is 2. The quantitative estimate of drug-likeness (QED) is 0.433. The van der Waals surface area contributed by atoms with Gasteiger partial charge in [-0.25, -0.2) is 28.3 Å². The summed E-state index contributed by atoms with van der Waals surface area (Å²) in [5.41, 5.74) is 0.765. The smallest absolute Gasteiger partial charge is 0.415 e. The Hall–Kier alpha value is -3.73. The fourth-order valence-corrected chi connectivity index (χ4v) is 4.50. The zero-order chi connectivity index (χ0) is 27.4. The molecule has 2 atom stereocenters. The molecule has 2 aliphatic rings. The minimum Gasteiger partial charge on any atom is -0.474 e. The number of rotatable bonds is 3. The topological polar surface area (TPSA) is 106 Å². The molecule has 200 valence electrons. The summed E-state index contributed by atoms with van der Waals surface area (Å²) >= 11 is 6.39. The van der Waals surface area contributed by atoms with Crippen LogP contribution in [0.2, 0.25) is 5.02 Å². The molecule has 3 amide bonds. The first kappa shape index (κ1) is 25.9. The lowest BCUT2D eigenvalue weighted by molar-refractivity contribution is 0.0566. The number of alkyl halides is 1. The van der Waals surface area contributed by atoms with Crippen molar-refractivity contribution in [1.29, 1.82) is 0 Å². The van der Waals surface area contributed by atoms with Crippen molar-refractivity contribution in [3.63, 3.8) is 0 Å². The Balaban J connectivity index is 1.53. The van der Waals surface area contributed by atoms with Crippen molar-refractivity contribution < 1.29 is 27.8 Å². The predicted octanol–water partition coefficient (Wildman–Crippen LogP) is 5.76. The molecule has 3 heterocycles. The van der Waals surface area contributed by atoms with Crippen LogP contribution in [0.15, 0.2) is 24.5 Å². The molecule has 2 N–H and O–H groups in total. The van der Waals surface area contributed by atoms with Crippen LogP contribution in [0.5, 0.6) is 5.88 Å². The standard InChI is InChI=1S/C26H26ClF2N5O4/c1-12-15(10-31-23-22(12)34(5-6-37-23)25(36)38-26(2,3)4)14-7-13-8-19(30-11-16(13)20(27)21(14)29)33-24(35)32-18-9-17(18)28/h7-8,10-11,17-18H,5-6,9H2,1-4H3,(H2,30,32,33,35)/t17-,18+/m1/s1. The average Bonchev–Trinajstić information content (AvgIpc) is 3.54. The molecule has 0 radical (unpaired) electrons. The lowest BCUT2D eigenvalue weighted by Crippen LogP contribution is -2.42. The summed E-state index contributed by atoms with van der Waals surface area (Å²) in [6.45, 7) is 7.51. The lowest BCUT2D eigenvalue weighted by Gasteiger charge is -2.32. The highest BCUT2D eigenvalue weighted by molar-refractivity contribution is 6.36. The molecule has 1 aliphatic carbocycles. The lowest BCUT2D eigenvalue weighted by atomic mass is 9.97. The first-order chi connectivity index (χ1) is 17.9. The molecule has 0 spiro atoms. The highest BCUT2D eigenvalue weighted by atomic mass is 35.5. The second-order valence-corrected chi connectivity index (χ2v) is 10.6. The van der Waals surface area contributed by atoms with E-state index in [-0.39, 0.29) is 41.9 Å². The van der Waals surface area contributed by atoms with E-state index in [9.17, 15) is 14.0 Å². The third-order valence-corrected chi connectivity index (χ3v) is 6.54. The van der Waals surface area contributed by atoms with Gasteiger partial charge in [0.05, 0.1) is 17.6 Å². The Morgan fingerprint density at radius 1 is 1.21 bits per heavy atom. The van der Waals surface area contributed by atoms with Gasteiger partial charge >= 0.3 is 12.1 Å². The molecule has 1 fully saturated rings. The summed E-state index contributed by atoms with van der Waals surface area (Å²) in [5, 5.41) is 5.75. The molecule has 9 nitrogen and oxygen atoms in total. The zero-order valence-electron chi connectivity index (χ0n) is 21.2. The number of pyridine rings is 2. The van der Waals surface area contributed by atoms with E-state index in [1.165, 1.54) is 17.3 Å². The summed E-state index contributed by atoms with van der Waals surface area (Å²) in [5.74, 6) is -0.263. The molecule has 38 heavy (non-hydrogen) atoms. The fourth-order valence-electron chi connectivity index (χ4n) is 4.24. The molecule has 5 rings (SSSR count). The van der Waals surface area contributed by atoms with Gasteiger partial charge in [-0.1, -0.05) is 11.6 Å².